The number of fused-ring (bicyclic) bond motifs is 1. The van der Waals surface area contributed by atoms with Crippen LogP contribution >= 0.6 is 11.6 Å². The second-order valence-electron chi connectivity index (χ2n) is 9.78. The van der Waals surface area contributed by atoms with Gasteiger partial charge >= 0.3 is 0 Å². The lowest BCUT2D eigenvalue weighted by Gasteiger charge is -2.33. The quantitative estimate of drug-likeness (QED) is 0.392. The van der Waals surface area contributed by atoms with Crippen molar-refractivity contribution in [1.82, 2.24) is 20.2 Å². The van der Waals surface area contributed by atoms with Gasteiger partial charge in [0.25, 0.3) is 5.91 Å². The van der Waals surface area contributed by atoms with Gasteiger partial charge in [-0.3, -0.25) is 9.78 Å². The minimum absolute atomic E-state index is 0.0260. The first-order valence-corrected chi connectivity index (χ1v) is 12.8. The Balaban J connectivity index is 1.51. The van der Waals surface area contributed by atoms with Gasteiger partial charge in [-0.15, -0.1) is 0 Å². The molecule has 9 nitrogen and oxygen atoms in total. The number of methoxy groups -OCH3 is 1. The predicted molar refractivity (Wildman–Crippen MR) is 143 cm³/mol. The summed E-state index contributed by atoms with van der Waals surface area (Å²) in [6, 6.07) is 6.83. The van der Waals surface area contributed by atoms with Gasteiger partial charge in [0.1, 0.15) is 0 Å². The molecule has 2 aliphatic heterocycles. The molecule has 1 fully saturated rings. The highest BCUT2D eigenvalue weighted by atomic mass is 35.5. The number of amides is 1. The molecule has 0 bridgehead atoms. The van der Waals surface area contributed by atoms with Crippen LogP contribution in [-0.4, -0.2) is 80.5 Å². The number of para-hydroxylation sites is 1. The second-order valence-corrected chi connectivity index (χ2v) is 10.2. The number of hydrogen-bond acceptors (Lipinski definition) is 7. The fraction of sp³-hybridized carbons (Fsp3) is 0.407. The van der Waals surface area contributed by atoms with Crippen molar-refractivity contribution in [2.24, 2.45) is 0 Å². The Labute approximate surface area is 225 Å². The van der Waals surface area contributed by atoms with Crippen LogP contribution in [0, 0.1) is 5.82 Å². The summed E-state index contributed by atoms with van der Waals surface area (Å²) in [5.74, 6) is -0.455. The zero-order valence-corrected chi connectivity index (χ0v) is 22.3. The lowest BCUT2D eigenvalue weighted by molar-refractivity contribution is -0.140. The first-order chi connectivity index (χ1) is 18.4. The first-order valence-electron chi connectivity index (χ1n) is 12.5. The van der Waals surface area contributed by atoms with E-state index in [2.05, 4.69) is 25.5 Å². The molecule has 5 rings (SSSR count). The van der Waals surface area contributed by atoms with Crippen molar-refractivity contribution in [3.05, 3.63) is 58.8 Å². The Morgan fingerprint density at radius 3 is 2.74 bits per heavy atom. The Kier molecular flexibility index (Phi) is 7.85. The van der Waals surface area contributed by atoms with E-state index in [0.717, 1.165) is 12.7 Å². The van der Waals surface area contributed by atoms with E-state index in [4.69, 9.17) is 25.8 Å². The van der Waals surface area contributed by atoms with Crippen molar-refractivity contribution in [3.8, 4) is 17.0 Å². The summed E-state index contributed by atoms with van der Waals surface area (Å²) in [5.41, 5.74) is 2.82. The zero-order valence-electron chi connectivity index (χ0n) is 21.5. The Bertz CT molecular complexity index is 1310. The monoisotopic (exact) mass is 543 g/mol. The summed E-state index contributed by atoms with van der Waals surface area (Å²) in [6.07, 6.45) is 3.18. The number of carbonyl (C=O) groups is 1. The van der Waals surface area contributed by atoms with Crippen molar-refractivity contribution in [2.75, 3.05) is 52.8 Å². The van der Waals surface area contributed by atoms with Crippen LogP contribution in [-0.2, 0) is 9.47 Å². The van der Waals surface area contributed by atoms with Crippen molar-refractivity contribution >= 4 is 28.9 Å². The maximum absolute atomic E-state index is 15.0. The molecule has 4 heterocycles. The molecule has 202 valence electrons. The fourth-order valence-electron chi connectivity index (χ4n) is 5.07. The Morgan fingerprint density at radius 2 is 2.03 bits per heavy atom. The van der Waals surface area contributed by atoms with Crippen LogP contribution in [0.5, 0.6) is 5.75 Å². The second kappa shape index (κ2) is 11.3. The number of benzene rings is 1. The number of pyridine rings is 1. The van der Waals surface area contributed by atoms with Crippen molar-refractivity contribution in [1.29, 1.82) is 0 Å². The van der Waals surface area contributed by atoms with E-state index in [1.54, 1.807) is 24.3 Å². The van der Waals surface area contributed by atoms with Crippen molar-refractivity contribution < 1.29 is 23.4 Å². The van der Waals surface area contributed by atoms with Gasteiger partial charge in [0.05, 0.1) is 66.4 Å². The van der Waals surface area contributed by atoms with Crippen LogP contribution in [0.2, 0.25) is 5.02 Å². The Morgan fingerprint density at radius 1 is 1.24 bits per heavy atom. The van der Waals surface area contributed by atoms with E-state index in [0.29, 0.717) is 65.3 Å². The Hall–Kier alpha value is -3.18. The molecule has 2 aliphatic rings. The number of hydrogen-bond donors (Lipinski definition) is 3. The molecule has 0 radical (unpaired) electrons. The molecule has 38 heavy (non-hydrogen) atoms. The van der Waals surface area contributed by atoms with Gasteiger partial charge in [-0.05, 0) is 38.7 Å². The van der Waals surface area contributed by atoms with Gasteiger partial charge in [0.2, 0.25) is 0 Å². The molecule has 1 amide bonds. The molecular weight excluding hydrogens is 513 g/mol. The van der Waals surface area contributed by atoms with Crippen LogP contribution in [0.3, 0.4) is 0 Å². The minimum atomic E-state index is -0.514. The molecule has 1 saturated heterocycles. The summed E-state index contributed by atoms with van der Waals surface area (Å²) in [4.78, 5) is 22.6. The van der Waals surface area contributed by atoms with Crippen LogP contribution in [0.1, 0.15) is 28.4 Å². The number of likely N-dealkylation sites (N-methyl/N-ethyl adjacent to an activating group) is 1. The fourth-order valence-corrected chi connectivity index (χ4v) is 5.32. The number of rotatable bonds is 8. The van der Waals surface area contributed by atoms with Crippen molar-refractivity contribution in [2.45, 2.75) is 24.5 Å². The summed E-state index contributed by atoms with van der Waals surface area (Å²) in [7, 11) is 5.52. The highest BCUT2D eigenvalue weighted by Crippen LogP contribution is 2.43. The SMILES string of the molecule is COc1c(Cl)cccc1Nc1c(-c2ccncc2F)[nH]c2c1C(=O)NCC2C[C@@H]1CO[C@@H](CN(C)C)CO1. The molecule has 3 N–H and O–H groups in total. The largest absolute Gasteiger partial charge is 0.493 e. The summed E-state index contributed by atoms with van der Waals surface area (Å²) < 4.78 is 32.6. The molecule has 11 heteroatoms. The lowest BCUT2D eigenvalue weighted by atomic mass is 9.91. The van der Waals surface area contributed by atoms with Crippen LogP contribution in [0.25, 0.3) is 11.3 Å². The van der Waals surface area contributed by atoms with Gasteiger partial charge in [0, 0.05) is 36.5 Å². The number of aromatic amines is 1. The smallest absolute Gasteiger partial charge is 0.255 e. The number of nitrogens with one attached hydrogen (secondary N) is 3. The van der Waals surface area contributed by atoms with E-state index >= 15 is 0 Å². The molecule has 3 atom stereocenters. The molecular formula is C27H31ClFN5O4. The number of H-pyrrole nitrogens is 1. The third kappa shape index (κ3) is 5.35. The molecule has 1 aromatic carbocycles. The zero-order chi connectivity index (χ0) is 26.8. The highest BCUT2D eigenvalue weighted by Gasteiger charge is 2.36. The third-order valence-electron chi connectivity index (χ3n) is 6.80. The van der Waals surface area contributed by atoms with Crippen molar-refractivity contribution in [3.63, 3.8) is 0 Å². The normalized spacial score (nSPS) is 21.2. The minimum Gasteiger partial charge on any atom is -0.493 e. The first kappa shape index (κ1) is 26.4. The van der Waals surface area contributed by atoms with E-state index in [-0.39, 0.29) is 29.6 Å². The summed E-state index contributed by atoms with van der Waals surface area (Å²) >= 11 is 6.34. The van der Waals surface area contributed by atoms with E-state index in [1.165, 1.54) is 13.3 Å². The van der Waals surface area contributed by atoms with E-state index < -0.39 is 5.82 Å². The average Bonchev–Trinajstić information content (AvgIpc) is 3.27. The van der Waals surface area contributed by atoms with Gasteiger partial charge in [-0.25, -0.2) is 4.39 Å². The van der Waals surface area contributed by atoms with E-state index in [9.17, 15) is 9.18 Å². The number of nitrogens with zero attached hydrogens (tertiary/aromatic N) is 2. The lowest BCUT2D eigenvalue weighted by Crippen LogP contribution is -2.43. The van der Waals surface area contributed by atoms with Gasteiger partial charge in [0.15, 0.2) is 11.6 Å². The molecule has 3 aromatic rings. The maximum atomic E-state index is 15.0. The maximum Gasteiger partial charge on any atom is 0.255 e. The summed E-state index contributed by atoms with van der Waals surface area (Å²) in [5, 5.41) is 6.69. The third-order valence-corrected chi connectivity index (χ3v) is 7.10. The molecule has 1 unspecified atom stereocenters. The predicted octanol–water partition coefficient (Wildman–Crippen LogP) is 4.18. The molecule has 2 aromatic heterocycles. The summed E-state index contributed by atoms with van der Waals surface area (Å²) in [6.45, 7) is 2.19. The number of halogens is 2. The number of anilines is 2. The van der Waals surface area contributed by atoms with Crippen LogP contribution in [0.15, 0.2) is 36.7 Å². The topological polar surface area (TPSA) is 101 Å². The number of carbonyl (C=O) groups excluding carboxylic acids is 1. The van der Waals surface area contributed by atoms with Gasteiger partial charge in [-0.1, -0.05) is 17.7 Å². The van der Waals surface area contributed by atoms with Gasteiger partial charge in [-0.2, -0.15) is 0 Å². The molecule has 0 aliphatic carbocycles. The molecule has 0 saturated carbocycles. The van der Waals surface area contributed by atoms with Crippen LogP contribution < -0.4 is 15.4 Å². The van der Waals surface area contributed by atoms with E-state index in [1.807, 2.05) is 14.1 Å². The average molecular weight is 544 g/mol. The standard InChI is InChI=1S/C27H31ClFN5O4/c1-34(2)12-17-14-37-16(13-38-17)9-15-10-31-27(35)22-23(15)33-24(18-7-8-30-11-20(18)29)25(22)32-21-6-4-5-19(28)26(21)36-3/h4-8,11,15-17,32-33H,9-10,12-14H2,1-3H3,(H,31,35)/t15?,16-,17+/m1/s1. The van der Waals surface area contributed by atoms with Crippen LogP contribution in [0.4, 0.5) is 15.8 Å². The number of ether oxygens (including phenoxy) is 3. The number of aromatic nitrogens is 2. The highest BCUT2D eigenvalue weighted by molar-refractivity contribution is 6.32. The van der Waals surface area contributed by atoms with Gasteiger partial charge < -0.3 is 34.7 Å². The molecule has 0 spiro atoms.